The van der Waals surface area contributed by atoms with Crippen LogP contribution in [-0.4, -0.2) is 28.8 Å². The molecule has 0 aliphatic heterocycles. The van der Waals surface area contributed by atoms with Gasteiger partial charge in [-0.2, -0.15) is 5.10 Å². The van der Waals surface area contributed by atoms with E-state index in [1.54, 1.807) is 0 Å². The van der Waals surface area contributed by atoms with Gasteiger partial charge in [-0.1, -0.05) is 0 Å². The summed E-state index contributed by atoms with van der Waals surface area (Å²) in [4.78, 5) is 11.4. The Morgan fingerprint density at radius 2 is 2.41 bits per heavy atom. The van der Waals surface area contributed by atoms with Crippen LogP contribution in [0.15, 0.2) is 6.20 Å². The lowest BCUT2D eigenvalue weighted by Gasteiger charge is -2.26. The maximum Gasteiger partial charge on any atom is 0.315 e. The summed E-state index contributed by atoms with van der Waals surface area (Å²) in [7, 11) is 0. The number of urea groups is 1. The number of nitrogens with zero attached hydrogens (tertiary/aromatic N) is 1. The Balaban J connectivity index is 1.56. The molecule has 1 aromatic rings. The molecule has 1 saturated carbocycles. The van der Waals surface area contributed by atoms with Crippen LogP contribution < -0.4 is 10.6 Å². The third kappa shape index (κ3) is 3.47. The van der Waals surface area contributed by atoms with Gasteiger partial charge < -0.3 is 10.6 Å². The highest BCUT2D eigenvalue weighted by atomic mass is 16.2. The zero-order valence-electron chi connectivity index (χ0n) is 10.3. The van der Waals surface area contributed by atoms with E-state index in [0.29, 0.717) is 12.6 Å². The van der Waals surface area contributed by atoms with E-state index < -0.39 is 0 Å². The summed E-state index contributed by atoms with van der Waals surface area (Å²) in [6.45, 7) is 2.72. The van der Waals surface area contributed by atoms with Crippen LogP contribution in [0.2, 0.25) is 0 Å². The fourth-order valence-corrected chi connectivity index (χ4v) is 1.90. The van der Waals surface area contributed by atoms with Gasteiger partial charge in [0.05, 0.1) is 6.20 Å². The van der Waals surface area contributed by atoms with Crippen LogP contribution in [0.1, 0.15) is 36.9 Å². The van der Waals surface area contributed by atoms with Gasteiger partial charge in [0.15, 0.2) is 0 Å². The molecule has 1 fully saturated rings. The number of amides is 2. The lowest BCUT2D eigenvalue weighted by Crippen LogP contribution is -2.45. The second-order valence-electron chi connectivity index (χ2n) is 4.65. The number of nitrogens with one attached hydrogen (secondary N) is 3. The van der Waals surface area contributed by atoms with Gasteiger partial charge in [0, 0.05) is 18.3 Å². The molecule has 0 spiro atoms. The molecule has 1 aliphatic carbocycles. The molecule has 1 aliphatic rings. The number of rotatable bonds is 5. The van der Waals surface area contributed by atoms with Gasteiger partial charge in [-0.25, -0.2) is 4.79 Å². The lowest BCUT2D eigenvalue weighted by atomic mass is 9.93. The standard InChI is InChI=1S/C12H20N4O/c1-9-10(8-14-16-9)4-3-7-13-12(17)15-11-5-2-6-11/h8,11H,2-7H2,1H3,(H,14,16)(H2,13,15,17). The van der Waals surface area contributed by atoms with Crippen LogP contribution in [-0.2, 0) is 6.42 Å². The average Bonchev–Trinajstić information content (AvgIpc) is 2.65. The first-order valence-electron chi connectivity index (χ1n) is 6.29. The number of H-pyrrole nitrogens is 1. The molecular weight excluding hydrogens is 216 g/mol. The zero-order valence-corrected chi connectivity index (χ0v) is 10.3. The SMILES string of the molecule is Cc1[nH]ncc1CCCNC(=O)NC1CCC1. The normalized spacial score (nSPS) is 15.4. The van der Waals surface area contributed by atoms with Crippen LogP contribution in [0.3, 0.4) is 0 Å². The van der Waals surface area contributed by atoms with Gasteiger partial charge in [0.2, 0.25) is 0 Å². The van der Waals surface area contributed by atoms with Crippen molar-refractivity contribution in [1.29, 1.82) is 0 Å². The van der Waals surface area contributed by atoms with Crippen molar-refractivity contribution >= 4 is 6.03 Å². The molecule has 0 bridgehead atoms. The van der Waals surface area contributed by atoms with Gasteiger partial charge in [-0.3, -0.25) is 5.10 Å². The van der Waals surface area contributed by atoms with E-state index in [-0.39, 0.29) is 6.03 Å². The van der Waals surface area contributed by atoms with Crippen molar-refractivity contribution in [3.05, 3.63) is 17.5 Å². The van der Waals surface area contributed by atoms with Crippen LogP contribution in [0.25, 0.3) is 0 Å². The third-order valence-electron chi connectivity index (χ3n) is 3.28. The summed E-state index contributed by atoms with van der Waals surface area (Å²) in [6.07, 6.45) is 7.24. The van der Waals surface area contributed by atoms with E-state index in [4.69, 9.17) is 0 Å². The Bertz CT molecular complexity index is 370. The first kappa shape index (κ1) is 12.0. The summed E-state index contributed by atoms with van der Waals surface area (Å²) in [5.74, 6) is 0. The fraction of sp³-hybridized carbons (Fsp3) is 0.667. The minimum atomic E-state index is -0.0291. The summed E-state index contributed by atoms with van der Waals surface area (Å²) in [6, 6.07) is 0.379. The zero-order chi connectivity index (χ0) is 12.1. The first-order chi connectivity index (χ1) is 8.25. The number of hydrogen-bond donors (Lipinski definition) is 3. The second-order valence-corrected chi connectivity index (χ2v) is 4.65. The van der Waals surface area contributed by atoms with Gasteiger partial charge in [0.1, 0.15) is 0 Å². The Labute approximate surface area is 101 Å². The molecule has 2 amide bonds. The van der Waals surface area contributed by atoms with E-state index in [9.17, 15) is 4.79 Å². The smallest absolute Gasteiger partial charge is 0.315 e. The van der Waals surface area contributed by atoms with Gasteiger partial charge >= 0.3 is 6.03 Å². The quantitative estimate of drug-likeness (QED) is 0.678. The number of carbonyl (C=O) groups is 1. The number of carbonyl (C=O) groups excluding carboxylic acids is 1. The number of aryl methyl sites for hydroxylation is 2. The molecule has 3 N–H and O–H groups in total. The molecule has 1 heterocycles. The summed E-state index contributed by atoms with van der Waals surface area (Å²) in [5, 5.41) is 12.7. The fourth-order valence-electron chi connectivity index (χ4n) is 1.90. The molecule has 2 rings (SSSR count). The number of hydrogen-bond acceptors (Lipinski definition) is 2. The summed E-state index contributed by atoms with van der Waals surface area (Å²) >= 11 is 0. The van der Waals surface area contributed by atoms with Gasteiger partial charge in [-0.05, 0) is 44.6 Å². The lowest BCUT2D eigenvalue weighted by molar-refractivity contribution is 0.228. The van der Waals surface area contributed by atoms with Gasteiger partial charge in [-0.15, -0.1) is 0 Å². The predicted octanol–water partition coefficient (Wildman–Crippen LogP) is 1.50. The first-order valence-corrected chi connectivity index (χ1v) is 6.29. The van der Waals surface area contributed by atoms with Crippen LogP contribution >= 0.6 is 0 Å². The topological polar surface area (TPSA) is 69.8 Å². The van der Waals surface area contributed by atoms with E-state index in [0.717, 1.165) is 31.4 Å². The monoisotopic (exact) mass is 236 g/mol. The third-order valence-corrected chi connectivity index (χ3v) is 3.28. The molecule has 5 heteroatoms. The van der Waals surface area contributed by atoms with E-state index in [1.807, 2.05) is 13.1 Å². The van der Waals surface area contributed by atoms with Gasteiger partial charge in [0.25, 0.3) is 0 Å². The molecule has 94 valence electrons. The minimum Gasteiger partial charge on any atom is -0.338 e. The highest BCUT2D eigenvalue weighted by Crippen LogP contribution is 2.17. The Morgan fingerprint density at radius 3 is 3.00 bits per heavy atom. The molecule has 0 aromatic carbocycles. The Kier molecular flexibility index (Phi) is 4.01. The molecule has 0 unspecified atom stereocenters. The van der Waals surface area contributed by atoms with Crippen LogP contribution in [0.5, 0.6) is 0 Å². The minimum absolute atomic E-state index is 0.0291. The van der Waals surface area contributed by atoms with E-state index in [1.165, 1.54) is 12.0 Å². The average molecular weight is 236 g/mol. The van der Waals surface area contributed by atoms with E-state index in [2.05, 4.69) is 20.8 Å². The number of aromatic nitrogens is 2. The van der Waals surface area contributed by atoms with E-state index >= 15 is 0 Å². The van der Waals surface area contributed by atoms with Crippen molar-refractivity contribution in [3.63, 3.8) is 0 Å². The van der Waals surface area contributed by atoms with Crippen molar-refractivity contribution in [3.8, 4) is 0 Å². The summed E-state index contributed by atoms with van der Waals surface area (Å²) < 4.78 is 0. The number of aromatic amines is 1. The Morgan fingerprint density at radius 1 is 1.59 bits per heavy atom. The molecule has 0 atom stereocenters. The maximum atomic E-state index is 11.4. The van der Waals surface area contributed by atoms with Crippen molar-refractivity contribution in [2.24, 2.45) is 0 Å². The largest absolute Gasteiger partial charge is 0.338 e. The van der Waals surface area contributed by atoms with Crippen LogP contribution in [0, 0.1) is 6.92 Å². The molecule has 17 heavy (non-hydrogen) atoms. The molecule has 0 radical (unpaired) electrons. The van der Waals surface area contributed by atoms with Crippen LogP contribution in [0.4, 0.5) is 4.79 Å². The van der Waals surface area contributed by atoms with Crippen molar-refractivity contribution in [2.45, 2.75) is 45.1 Å². The van der Waals surface area contributed by atoms with Crippen molar-refractivity contribution in [2.75, 3.05) is 6.54 Å². The predicted molar refractivity (Wildman–Crippen MR) is 65.8 cm³/mol. The highest BCUT2D eigenvalue weighted by Gasteiger charge is 2.18. The molecule has 1 aromatic heterocycles. The second kappa shape index (κ2) is 5.70. The van der Waals surface area contributed by atoms with Crippen molar-refractivity contribution in [1.82, 2.24) is 20.8 Å². The maximum absolute atomic E-state index is 11.4. The molecule has 5 nitrogen and oxygen atoms in total. The highest BCUT2D eigenvalue weighted by molar-refractivity contribution is 5.74. The van der Waals surface area contributed by atoms with Crippen molar-refractivity contribution < 1.29 is 4.79 Å². The summed E-state index contributed by atoms with van der Waals surface area (Å²) in [5.41, 5.74) is 2.34. The Hall–Kier alpha value is -1.52. The molecular formula is C12H20N4O. The molecule has 0 saturated heterocycles.